The fourth-order valence-electron chi connectivity index (χ4n) is 5.11. The van der Waals surface area contributed by atoms with Crippen molar-refractivity contribution in [3.63, 3.8) is 0 Å². The van der Waals surface area contributed by atoms with Crippen LogP contribution in [0.25, 0.3) is 11.1 Å². The maximum atomic E-state index is 12.2. The molecule has 0 saturated carbocycles. The molecule has 11 nitrogen and oxygen atoms in total. The van der Waals surface area contributed by atoms with Gasteiger partial charge >= 0.3 is 12.0 Å². The summed E-state index contributed by atoms with van der Waals surface area (Å²) in [7, 11) is 0. The van der Waals surface area contributed by atoms with Crippen LogP contribution in [0, 0.1) is 5.92 Å². The van der Waals surface area contributed by atoms with Crippen molar-refractivity contribution >= 4 is 23.8 Å². The Hall–Kier alpha value is -4.23. The van der Waals surface area contributed by atoms with E-state index in [4.69, 9.17) is 14.2 Å². The summed E-state index contributed by atoms with van der Waals surface area (Å²) >= 11 is 1.55. The van der Waals surface area contributed by atoms with Gasteiger partial charge in [0.2, 0.25) is 0 Å². The molecule has 0 aliphatic carbocycles. The summed E-state index contributed by atoms with van der Waals surface area (Å²) in [6, 6.07) is 23.2. The number of rotatable bonds is 12. The fourth-order valence-corrected chi connectivity index (χ4v) is 6.06. The van der Waals surface area contributed by atoms with E-state index in [0.717, 1.165) is 38.5 Å². The second kappa shape index (κ2) is 15.7. The molecular formula is C33H37N5O6S. The molecule has 236 valence electrons. The predicted molar refractivity (Wildman–Crippen MR) is 169 cm³/mol. The number of ether oxygens (including phenoxy) is 3. The van der Waals surface area contributed by atoms with Crippen LogP contribution in [0.1, 0.15) is 48.5 Å². The van der Waals surface area contributed by atoms with E-state index in [1.807, 2.05) is 72.8 Å². The van der Waals surface area contributed by atoms with Crippen LogP contribution in [0.15, 0.2) is 84.3 Å². The molecule has 1 aliphatic rings. The van der Waals surface area contributed by atoms with E-state index in [1.54, 1.807) is 18.7 Å². The van der Waals surface area contributed by atoms with Gasteiger partial charge in [-0.05, 0) is 34.7 Å². The van der Waals surface area contributed by atoms with E-state index < -0.39 is 18.3 Å². The van der Waals surface area contributed by atoms with Crippen LogP contribution in [0.5, 0.6) is 0 Å². The van der Waals surface area contributed by atoms with Gasteiger partial charge in [-0.25, -0.2) is 9.78 Å². The standard InChI is InChI=1S/C33H37N5O6S/c1-3-42-29(40)17-35-32(41)34-16-26-6-4-5-7-27(26)23-12-14-25(15-13-23)31-43-28(19-45-33-36-20-37-38-33)21(2)30(44-31)24-10-8-22(18-39)9-11-24/h4-15,20-21,28,30-31,39H,3,16-19H2,1-2H3,(H2,34,35,41)(H,36,37,38)/t21-,28+,30+,31+/m1/s1. The molecule has 2 heterocycles. The summed E-state index contributed by atoms with van der Waals surface area (Å²) in [5, 5.41) is 22.4. The Morgan fingerprint density at radius 2 is 1.76 bits per heavy atom. The van der Waals surface area contributed by atoms with E-state index in [-0.39, 0.29) is 44.4 Å². The minimum atomic E-state index is -0.599. The normalized spacial score (nSPS) is 19.5. The molecule has 3 aromatic carbocycles. The third-order valence-electron chi connectivity index (χ3n) is 7.55. The number of aliphatic hydroxyl groups excluding tert-OH is 1. The number of urea groups is 1. The lowest BCUT2D eigenvalue weighted by Gasteiger charge is -2.41. The number of aromatic amines is 1. The highest BCUT2D eigenvalue weighted by Crippen LogP contribution is 2.43. The zero-order valence-electron chi connectivity index (χ0n) is 25.1. The number of hydrogen-bond donors (Lipinski definition) is 4. The molecule has 1 aliphatic heterocycles. The van der Waals surface area contributed by atoms with Crippen molar-refractivity contribution < 1.29 is 28.9 Å². The van der Waals surface area contributed by atoms with Crippen LogP contribution >= 0.6 is 11.8 Å². The van der Waals surface area contributed by atoms with Crippen molar-refractivity contribution in [2.45, 2.75) is 50.7 Å². The van der Waals surface area contributed by atoms with Crippen LogP contribution in [0.3, 0.4) is 0 Å². The minimum absolute atomic E-state index is 0.0161. The van der Waals surface area contributed by atoms with Gasteiger partial charge in [-0.2, -0.15) is 5.10 Å². The largest absolute Gasteiger partial charge is 0.465 e. The Balaban J connectivity index is 1.30. The second-order valence-corrected chi connectivity index (χ2v) is 11.6. The number of aliphatic hydroxyl groups is 1. The summed E-state index contributed by atoms with van der Waals surface area (Å²) in [5.41, 5.74) is 5.61. The summed E-state index contributed by atoms with van der Waals surface area (Å²) in [6.45, 7) is 4.16. The van der Waals surface area contributed by atoms with Gasteiger partial charge in [0.25, 0.3) is 0 Å². The number of amides is 2. The van der Waals surface area contributed by atoms with Gasteiger partial charge in [0.05, 0.1) is 25.4 Å². The number of H-pyrrole nitrogens is 1. The molecule has 1 aromatic heterocycles. The van der Waals surface area contributed by atoms with E-state index in [9.17, 15) is 14.7 Å². The van der Waals surface area contributed by atoms with Crippen molar-refractivity contribution in [3.8, 4) is 11.1 Å². The Morgan fingerprint density at radius 3 is 2.47 bits per heavy atom. The molecule has 0 radical (unpaired) electrons. The zero-order valence-corrected chi connectivity index (χ0v) is 26.0. The maximum absolute atomic E-state index is 12.2. The first-order valence-electron chi connectivity index (χ1n) is 14.8. The fraction of sp³-hybridized carbons (Fsp3) is 0.333. The van der Waals surface area contributed by atoms with Gasteiger partial charge in [0, 0.05) is 23.8 Å². The molecule has 0 unspecified atom stereocenters. The Morgan fingerprint density at radius 1 is 1.00 bits per heavy atom. The summed E-state index contributed by atoms with van der Waals surface area (Å²) < 4.78 is 18.0. The highest BCUT2D eigenvalue weighted by atomic mass is 32.2. The van der Waals surface area contributed by atoms with Crippen LogP contribution < -0.4 is 10.6 Å². The number of thioether (sulfide) groups is 1. The van der Waals surface area contributed by atoms with Gasteiger partial charge in [0.1, 0.15) is 12.9 Å². The highest BCUT2D eigenvalue weighted by molar-refractivity contribution is 7.99. The molecule has 1 fully saturated rings. The van der Waals surface area contributed by atoms with Crippen molar-refractivity contribution in [2.75, 3.05) is 18.9 Å². The van der Waals surface area contributed by atoms with Crippen molar-refractivity contribution in [1.29, 1.82) is 0 Å². The molecule has 45 heavy (non-hydrogen) atoms. The SMILES string of the molecule is CCOC(=O)CNC(=O)NCc1ccccc1-c1ccc([C@H]2O[C@@H](CSc3ncn[nH]3)[C@@H](C)[C@@H](c3ccc(CO)cc3)O2)cc1. The maximum Gasteiger partial charge on any atom is 0.325 e. The Kier molecular flexibility index (Phi) is 11.2. The van der Waals surface area contributed by atoms with Crippen molar-refractivity contribution in [3.05, 3.63) is 101 Å². The average molecular weight is 632 g/mol. The third kappa shape index (κ3) is 8.49. The number of nitrogens with zero attached hydrogens (tertiary/aromatic N) is 2. The van der Waals surface area contributed by atoms with Gasteiger partial charge in [-0.3, -0.25) is 9.89 Å². The van der Waals surface area contributed by atoms with Gasteiger partial charge in [-0.15, -0.1) is 0 Å². The molecule has 12 heteroatoms. The molecule has 0 bridgehead atoms. The smallest absolute Gasteiger partial charge is 0.325 e. The van der Waals surface area contributed by atoms with Gasteiger partial charge < -0.3 is 30.0 Å². The predicted octanol–water partition coefficient (Wildman–Crippen LogP) is 4.91. The number of hydrogen-bond acceptors (Lipinski definition) is 9. The number of aromatic nitrogens is 3. The first-order valence-corrected chi connectivity index (χ1v) is 15.8. The summed E-state index contributed by atoms with van der Waals surface area (Å²) in [5.74, 6) is 0.219. The first kappa shape index (κ1) is 32.2. The van der Waals surface area contributed by atoms with E-state index >= 15 is 0 Å². The molecule has 4 atom stereocenters. The second-order valence-electron chi connectivity index (χ2n) is 10.5. The zero-order chi connectivity index (χ0) is 31.6. The van der Waals surface area contributed by atoms with Crippen molar-refractivity contribution in [1.82, 2.24) is 25.8 Å². The molecule has 0 spiro atoms. The monoisotopic (exact) mass is 631 g/mol. The highest BCUT2D eigenvalue weighted by Gasteiger charge is 2.38. The van der Waals surface area contributed by atoms with E-state index in [0.29, 0.717) is 5.75 Å². The number of carbonyl (C=O) groups is 2. The topological polar surface area (TPSA) is 148 Å². The summed E-state index contributed by atoms with van der Waals surface area (Å²) in [6.07, 6.45) is 0.529. The van der Waals surface area contributed by atoms with E-state index in [1.165, 1.54) is 6.33 Å². The molecule has 2 amide bonds. The van der Waals surface area contributed by atoms with Crippen LogP contribution in [0.4, 0.5) is 4.79 Å². The first-order chi connectivity index (χ1) is 21.9. The average Bonchev–Trinajstić information content (AvgIpc) is 3.60. The Labute approximate surface area is 266 Å². The Bertz CT molecular complexity index is 1530. The lowest BCUT2D eigenvalue weighted by molar-refractivity contribution is -0.268. The van der Waals surface area contributed by atoms with Gasteiger partial charge in [-0.1, -0.05) is 91.5 Å². The molecule has 4 N–H and O–H groups in total. The number of esters is 1. The number of nitrogens with one attached hydrogen (secondary N) is 3. The molecule has 1 saturated heterocycles. The van der Waals surface area contributed by atoms with Crippen molar-refractivity contribution in [2.24, 2.45) is 5.92 Å². The minimum Gasteiger partial charge on any atom is -0.465 e. The quantitative estimate of drug-likeness (QED) is 0.126. The third-order valence-corrected chi connectivity index (χ3v) is 8.52. The molecular weight excluding hydrogens is 594 g/mol. The lowest BCUT2D eigenvalue weighted by Crippen LogP contribution is -2.38. The van der Waals surface area contributed by atoms with E-state index in [2.05, 4.69) is 32.7 Å². The van der Waals surface area contributed by atoms with Crippen LogP contribution in [0.2, 0.25) is 0 Å². The van der Waals surface area contributed by atoms with Crippen LogP contribution in [-0.4, -0.2) is 57.3 Å². The summed E-state index contributed by atoms with van der Waals surface area (Å²) in [4.78, 5) is 28.0. The number of benzene rings is 3. The molecule has 4 aromatic rings. The lowest BCUT2D eigenvalue weighted by atomic mass is 9.91. The van der Waals surface area contributed by atoms with Gasteiger partial charge in [0.15, 0.2) is 11.4 Å². The molecule has 5 rings (SSSR count). The van der Waals surface area contributed by atoms with Crippen LogP contribution in [-0.2, 0) is 32.2 Å². The number of carbonyl (C=O) groups excluding carboxylic acids is 2.